The van der Waals surface area contributed by atoms with Gasteiger partial charge in [0.15, 0.2) is 0 Å². The Morgan fingerprint density at radius 1 is 1.64 bits per heavy atom. The average Bonchev–Trinajstić information content (AvgIpc) is 2.03. The van der Waals surface area contributed by atoms with E-state index in [2.05, 4.69) is 5.32 Å². The Kier molecular flexibility index (Phi) is 4.15. The van der Waals surface area contributed by atoms with Gasteiger partial charge >= 0.3 is 0 Å². The molecule has 0 aromatic carbocycles. The summed E-state index contributed by atoms with van der Waals surface area (Å²) in [6.45, 7) is 2.41. The third kappa shape index (κ3) is 3.91. The van der Waals surface area contributed by atoms with E-state index >= 15 is 0 Å². The lowest BCUT2D eigenvalue weighted by Crippen LogP contribution is -2.31. The minimum atomic E-state index is 0.0844. The summed E-state index contributed by atoms with van der Waals surface area (Å²) in [7, 11) is 0. The summed E-state index contributed by atoms with van der Waals surface area (Å²) in [4.78, 5) is 10.6. The minimum Gasteiger partial charge on any atom is -0.355 e. The lowest BCUT2D eigenvalue weighted by molar-refractivity contribution is -0.118. The molecule has 1 amide bonds. The zero-order chi connectivity index (χ0) is 8.10. The van der Waals surface area contributed by atoms with E-state index in [4.69, 9.17) is 0 Å². The van der Waals surface area contributed by atoms with Crippen LogP contribution in [0, 0.1) is 0 Å². The molecule has 0 aliphatic carbocycles. The first-order valence-electron chi connectivity index (χ1n) is 3.73. The predicted molar refractivity (Wildman–Crippen MR) is 52.3 cm³/mol. The Morgan fingerprint density at radius 2 is 2.45 bits per heavy atom. The highest BCUT2D eigenvalue weighted by atomic mass is 32.2. The second-order valence-electron chi connectivity index (χ2n) is 2.50. The van der Waals surface area contributed by atoms with Crippen LogP contribution in [0.2, 0.25) is 0 Å². The van der Waals surface area contributed by atoms with Crippen molar-refractivity contribution in [2.75, 3.05) is 23.8 Å². The molecule has 1 rings (SSSR count). The van der Waals surface area contributed by atoms with Crippen molar-refractivity contribution in [3.05, 3.63) is 0 Å². The maximum Gasteiger partial charge on any atom is 0.216 e. The molecule has 64 valence electrons. The van der Waals surface area contributed by atoms with Crippen LogP contribution in [0.15, 0.2) is 0 Å². The highest BCUT2D eigenvalue weighted by Crippen LogP contribution is 2.22. The van der Waals surface area contributed by atoms with Crippen molar-refractivity contribution in [1.82, 2.24) is 5.32 Å². The van der Waals surface area contributed by atoms with Crippen molar-refractivity contribution in [2.24, 2.45) is 0 Å². The third-order valence-electron chi connectivity index (χ3n) is 1.46. The van der Waals surface area contributed by atoms with E-state index in [9.17, 15) is 4.79 Å². The first-order valence-corrected chi connectivity index (χ1v) is 5.93. The molecule has 2 nitrogen and oxygen atoms in total. The Morgan fingerprint density at radius 3 is 3.00 bits per heavy atom. The fourth-order valence-corrected chi connectivity index (χ4v) is 3.52. The molecule has 1 unspecified atom stereocenters. The van der Waals surface area contributed by atoms with Gasteiger partial charge in [-0.2, -0.15) is 23.5 Å². The van der Waals surface area contributed by atoms with Crippen LogP contribution in [-0.4, -0.2) is 35.0 Å². The van der Waals surface area contributed by atoms with Crippen molar-refractivity contribution in [2.45, 2.75) is 12.2 Å². The lowest BCUT2D eigenvalue weighted by Gasteiger charge is -2.20. The number of hydrogen-bond acceptors (Lipinski definition) is 3. The van der Waals surface area contributed by atoms with E-state index in [0.29, 0.717) is 5.25 Å². The number of carbonyl (C=O) groups excluding carboxylic acids is 1. The molecule has 1 N–H and O–H groups in total. The Balaban J connectivity index is 2.09. The molecule has 1 fully saturated rings. The average molecular weight is 191 g/mol. The maximum atomic E-state index is 10.6. The van der Waals surface area contributed by atoms with Crippen LogP contribution in [0.3, 0.4) is 0 Å². The summed E-state index contributed by atoms with van der Waals surface area (Å²) in [6.07, 6.45) is 0. The van der Waals surface area contributed by atoms with E-state index < -0.39 is 0 Å². The highest BCUT2D eigenvalue weighted by Gasteiger charge is 2.13. The van der Waals surface area contributed by atoms with Gasteiger partial charge in [0.25, 0.3) is 0 Å². The molecule has 1 heterocycles. The van der Waals surface area contributed by atoms with Crippen LogP contribution in [-0.2, 0) is 4.79 Å². The van der Waals surface area contributed by atoms with Gasteiger partial charge in [0, 0.05) is 36.0 Å². The van der Waals surface area contributed by atoms with E-state index in [0.717, 1.165) is 6.54 Å². The van der Waals surface area contributed by atoms with Crippen LogP contribution >= 0.6 is 23.5 Å². The number of nitrogens with one attached hydrogen (secondary N) is 1. The van der Waals surface area contributed by atoms with Crippen molar-refractivity contribution < 1.29 is 4.79 Å². The first kappa shape index (κ1) is 9.26. The van der Waals surface area contributed by atoms with Crippen molar-refractivity contribution in [1.29, 1.82) is 0 Å². The van der Waals surface area contributed by atoms with Gasteiger partial charge in [-0.1, -0.05) is 0 Å². The van der Waals surface area contributed by atoms with Crippen LogP contribution in [0.5, 0.6) is 0 Å². The molecule has 1 saturated heterocycles. The SMILES string of the molecule is CC(=O)NCC1CSCCS1. The summed E-state index contributed by atoms with van der Waals surface area (Å²) >= 11 is 3.95. The maximum absolute atomic E-state index is 10.6. The number of thioether (sulfide) groups is 2. The molecule has 0 aromatic heterocycles. The normalized spacial score (nSPS) is 24.6. The largest absolute Gasteiger partial charge is 0.355 e. The molecule has 1 aliphatic heterocycles. The highest BCUT2D eigenvalue weighted by molar-refractivity contribution is 8.06. The summed E-state index contributed by atoms with van der Waals surface area (Å²) in [6, 6.07) is 0. The number of amides is 1. The van der Waals surface area contributed by atoms with Crippen LogP contribution in [0.4, 0.5) is 0 Å². The second-order valence-corrected chi connectivity index (χ2v) is 5.06. The molecule has 0 spiro atoms. The van der Waals surface area contributed by atoms with Gasteiger partial charge in [-0.15, -0.1) is 0 Å². The topological polar surface area (TPSA) is 29.1 Å². The molecule has 0 aromatic rings. The molecule has 1 aliphatic rings. The minimum absolute atomic E-state index is 0.0844. The van der Waals surface area contributed by atoms with Gasteiger partial charge in [-0.25, -0.2) is 0 Å². The Labute approximate surface area is 75.9 Å². The van der Waals surface area contributed by atoms with E-state index in [-0.39, 0.29) is 5.91 Å². The molecule has 0 saturated carbocycles. The smallest absolute Gasteiger partial charge is 0.216 e. The predicted octanol–water partition coefficient (Wildman–Crippen LogP) is 0.971. The summed E-state index contributed by atoms with van der Waals surface area (Å²) in [5.41, 5.74) is 0. The van der Waals surface area contributed by atoms with E-state index in [1.165, 1.54) is 17.3 Å². The molecule has 4 heteroatoms. The van der Waals surface area contributed by atoms with Gasteiger partial charge in [0.2, 0.25) is 5.91 Å². The Hall–Kier alpha value is 0.170. The van der Waals surface area contributed by atoms with Gasteiger partial charge in [-0.05, 0) is 0 Å². The molecule has 11 heavy (non-hydrogen) atoms. The molecular weight excluding hydrogens is 178 g/mol. The van der Waals surface area contributed by atoms with Crippen molar-refractivity contribution >= 4 is 29.4 Å². The Bertz CT molecular complexity index is 134. The summed E-state index contributed by atoms with van der Waals surface area (Å²) < 4.78 is 0. The van der Waals surface area contributed by atoms with E-state index in [1.54, 1.807) is 6.92 Å². The van der Waals surface area contributed by atoms with Gasteiger partial charge in [0.1, 0.15) is 0 Å². The lowest BCUT2D eigenvalue weighted by atomic mass is 10.4. The first-order chi connectivity index (χ1) is 5.29. The van der Waals surface area contributed by atoms with Crippen molar-refractivity contribution in [3.63, 3.8) is 0 Å². The molecular formula is C7H13NOS2. The third-order valence-corrected chi connectivity index (χ3v) is 4.31. The molecule has 1 atom stereocenters. The fourth-order valence-electron chi connectivity index (χ4n) is 0.912. The quantitative estimate of drug-likeness (QED) is 0.705. The number of rotatable bonds is 2. The number of carbonyl (C=O) groups is 1. The zero-order valence-electron chi connectivity index (χ0n) is 6.63. The monoisotopic (exact) mass is 191 g/mol. The van der Waals surface area contributed by atoms with Crippen LogP contribution in [0.1, 0.15) is 6.92 Å². The van der Waals surface area contributed by atoms with Crippen LogP contribution in [0.25, 0.3) is 0 Å². The van der Waals surface area contributed by atoms with Gasteiger partial charge < -0.3 is 5.32 Å². The zero-order valence-corrected chi connectivity index (χ0v) is 8.26. The van der Waals surface area contributed by atoms with Crippen LogP contribution < -0.4 is 5.32 Å². The van der Waals surface area contributed by atoms with E-state index in [1.807, 2.05) is 23.5 Å². The number of hydrogen-bond donors (Lipinski definition) is 1. The molecule has 0 radical (unpaired) electrons. The fraction of sp³-hybridized carbons (Fsp3) is 0.857. The van der Waals surface area contributed by atoms with Gasteiger partial charge in [0.05, 0.1) is 0 Å². The van der Waals surface area contributed by atoms with Gasteiger partial charge in [-0.3, -0.25) is 4.79 Å². The second kappa shape index (κ2) is 4.93. The molecule has 0 bridgehead atoms. The summed E-state index contributed by atoms with van der Waals surface area (Å²) in [5, 5.41) is 3.48. The summed E-state index contributed by atoms with van der Waals surface area (Å²) in [5.74, 6) is 3.77. The standard InChI is InChI=1S/C7H13NOS2/c1-6(9)8-4-7-5-10-2-3-11-7/h7H,2-5H2,1H3,(H,8,9). The van der Waals surface area contributed by atoms with Crippen molar-refractivity contribution in [3.8, 4) is 0 Å².